The Hall–Kier alpha value is -2.10. The highest BCUT2D eigenvalue weighted by atomic mass is 79.9. The lowest BCUT2D eigenvalue weighted by molar-refractivity contribution is -0.145. The molecule has 0 bridgehead atoms. The fraction of sp³-hybridized carbons (Fsp3) is 0.273. The van der Waals surface area contributed by atoms with Crippen molar-refractivity contribution >= 4 is 37.8 Å². The third kappa shape index (κ3) is 3.49. The van der Waals surface area contributed by atoms with Crippen LogP contribution in [0, 0.1) is 28.1 Å². The van der Waals surface area contributed by atoms with Crippen molar-refractivity contribution in [3.8, 4) is 17.6 Å². The molecule has 1 saturated carbocycles. The van der Waals surface area contributed by atoms with Crippen molar-refractivity contribution in [1.82, 2.24) is 0 Å². The van der Waals surface area contributed by atoms with Crippen molar-refractivity contribution in [1.29, 1.82) is 5.26 Å². The number of rotatable bonds is 6. The molecular formula is C22H19Br2NO3. The van der Waals surface area contributed by atoms with Crippen molar-refractivity contribution in [2.24, 2.45) is 16.7 Å². The highest BCUT2D eigenvalue weighted by Crippen LogP contribution is 2.71. The van der Waals surface area contributed by atoms with Gasteiger partial charge in [-0.3, -0.25) is 4.79 Å². The molecule has 0 aromatic heterocycles. The smallest absolute Gasteiger partial charge is 0.311 e. The number of carboxylic acid groups (broad SMARTS) is 1. The van der Waals surface area contributed by atoms with E-state index in [1.54, 1.807) is 18.2 Å². The first kappa shape index (κ1) is 20.6. The second-order valence-corrected chi connectivity index (χ2v) is 10.2. The number of halogens is 2. The van der Waals surface area contributed by atoms with Crippen molar-refractivity contribution in [2.45, 2.75) is 20.3 Å². The minimum absolute atomic E-state index is 0.170. The van der Waals surface area contributed by atoms with Crippen LogP contribution in [0.3, 0.4) is 0 Å². The van der Waals surface area contributed by atoms with Crippen molar-refractivity contribution in [3.63, 3.8) is 0 Å². The lowest BCUT2D eigenvalue weighted by Gasteiger charge is -2.18. The molecule has 0 amide bonds. The molecule has 144 valence electrons. The Morgan fingerprint density at radius 3 is 2.46 bits per heavy atom. The minimum Gasteiger partial charge on any atom is -0.481 e. The van der Waals surface area contributed by atoms with Gasteiger partial charge in [0, 0.05) is 5.92 Å². The van der Waals surface area contributed by atoms with E-state index >= 15 is 0 Å². The standard InChI is InChI=1S/C22H19Br2NO3/c1-21(2)18(11-19(23)24)22(21,20(26)27)12-14-7-6-10-17(16(14)13-25)28-15-8-4-3-5-9-15/h3-11,18H,12H2,1-2H3,(H,26,27). The van der Waals surface area contributed by atoms with E-state index < -0.39 is 16.8 Å². The Labute approximate surface area is 181 Å². The zero-order valence-corrected chi connectivity index (χ0v) is 18.6. The van der Waals surface area contributed by atoms with Crippen LogP contribution in [0.4, 0.5) is 0 Å². The van der Waals surface area contributed by atoms with Gasteiger partial charge in [-0.15, -0.1) is 0 Å². The zero-order chi connectivity index (χ0) is 20.5. The van der Waals surface area contributed by atoms with Gasteiger partial charge in [0.15, 0.2) is 0 Å². The summed E-state index contributed by atoms with van der Waals surface area (Å²) in [5.41, 5.74) is -0.394. The first-order chi connectivity index (χ1) is 13.2. The maximum Gasteiger partial charge on any atom is 0.311 e. The maximum absolute atomic E-state index is 12.3. The van der Waals surface area contributed by atoms with E-state index in [-0.39, 0.29) is 12.3 Å². The van der Waals surface area contributed by atoms with Crippen molar-refractivity contribution < 1.29 is 14.6 Å². The summed E-state index contributed by atoms with van der Waals surface area (Å²) in [5.74, 6) is 0.0219. The molecule has 2 atom stereocenters. The number of hydrogen-bond acceptors (Lipinski definition) is 3. The fourth-order valence-corrected chi connectivity index (χ4v) is 4.57. The molecule has 0 heterocycles. The Morgan fingerprint density at radius 2 is 1.89 bits per heavy atom. The molecule has 0 spiro atoms. The van der Waals surface area contributed by atoms with Gasteiger partial charge in [-0.1, -0.05) is 50.3 Å². The van der Waals surface area contributed by atoms with Crippen LogP contribution in [0.5, 0.6) is 11.5 Å². The monoisotopic (exact) mass is 503 g/mol. The van der Waals surface area contributed by atoms with Crippen LogP contribution >= 0.6 is 31.9 Å². The number of carboxylic acids is 1. The van der Waals surface area contributed by atoms with Gasteiger partial charge in [0.25, 0.3) is 0 Å². The molecule has 6 heteroatoms. The topological polar surface area (TPSA) is 70.3 Å². The minimum atomic E-state index is -0.989. The molecule has 0 aliphatic heterocycles. The molecule has 1 N–H and O–H groups in total. The maximum atomic E-state index is 12.3. The van der Waals surface area contributed by atoms with Gasteiger partial charge in [-0.2, -0.15) is 5.26 Å². The Balaban J connectivity index is 2.00. The first-order valence-electron chi connectivity index (χ1n) is 8.75. The third-order valence-electron chi connectivity index (χ3n) is 5.71. The molecule has 1 aliphatic rings. The van der Waals surface area contributed by atoms with Crippen LogP contribution in [0.25, 0.3) is 0 Å². The van der Waals surface area contributed by atoms with Crippen molar-refractivity contribution in [2.75, 3.05) is 0 Å². The second-order valence-electron chi connectivity index (χ2n) is 7.43. The molecule has 1 fully saturated rings. The third-order valence-corrected chi connectivity index (χ3v) is 6.24. The van der Waals surface area contributed by atoms with Crippen LogP contribution < -0.4 is 4.74 Å². The molecule has 28 heavy (non-hydrogen) atoms. The highest BCUT2D eigenvalue weighted by molar-refractivity contribution is 9.28. The van der Waals surface area contributed by atoms with Gasteiger partial charge in [0.05, 0.1) is 14.4 Å². The van der Waals surface area contributed by atoms with Crippen LogP contribution in [0.2, 0.25) is 0 Å². The van der Waals surface area contributed by atoms with E-state index in [2.05, 4.69) is 37.9 Å². The number of allylic oxidation sites excluding steroid dienone is 1. The molecule has 1 aliphatic carbocycles. The lowest BCUT2D eigenvalue weighted by atomic mass is 9.86. The molecule has 2 aromatic carbocycles. The van der Waals surface area contributed by atoms with E-state index in [4.69, 9.17) is 4.74 Å². The first-order valence-corrected chi connectivity index (χ1v) is 10.3. The number of nitrogens with zero attached hydrogens (tertiary/aromatic N) is 1. The van der Waals surface area contributed by atoms with Crippen molar-refractivity contribution in [3.05, 3.63) is 69.1 Å². The average molecular weight is 505 g/mol. The van der Waals surface area contributed by atoms with Gasteiger partial charge in [-0.25, -0.2) is 0 Å². The molecule has 2 unspecified atom stereocenters. The number of carbonyl (C=O) groups is 1. The zero-order valence-electron chi connectivity index (χ0n) is 15.4. The summed E-state index contributed by atoms with van der Waals surface area (Å²) in [6.45, 7) is 3.89. The van der Waals surface area contributed by atoms with Gasteiger partial charge in [0.2, 0.25) is 0 Å². The Morgan fingerprint density at radius 1 is 1.21 bits per heavy atom. The fourth-order valence-electron chi connectivity index (χ4n) is 4.05. The van der Waals surface area contributed by atoms with E-state index in [9.17, 15) is 15.2 Å². The van der Waals surface area contributed by atoms with Gasteiger partial charge in [-0.05, 0) is 67.5 Å². The summed E-state index contributed by atoms with van der Waals surface area (Å²) in [6.07, 6.45) is 2.13. The van der Waals surface area contributed by atoms with Crippen LogP contribution in [-0.4, -0.2) is 11.1 Å². The number of benzene rings is 2. The summed E-state index contributed by atoms with van der Waals surface area (Å²) in [7, 11) is 0. The highest BCUT2D eigenvalue weighted by Gasteiger charge is 2.74. The second kappa shape index (κ2) is 7.73. The SMILES string of the molecule is CC1(C)C(C=C(Br)Br)C1(Cc1cccc(Oc2ccccc2)c1C#N)C(=O)O. The van der Waals surface area contributed by atoms with Gasteiger partial charge < -0.3 is 9.84 Å². The number of para-hydroxylation sites is 1. The molecule has 0 radical (unpaired) electrons. The predicted octanol–water partition coefficient (Wildman–Crippen LogP) is 6.25. The predicted molar refractivity (Wildman–Crippen MR) is 115 cm³/mol. The quantitative estimate of drug-likeness (QED) is 0.504. The van der Waals surface area contributed by atoms with Crippen LogP contribution in [-0.2, 0) is 11.2 Å². The van der Waals surface area contributed by atoms with Crippen LogP contribution in [0.15, 0.2) is 58.0 Å². The van der Waals surface area contributed by atoms with E-state index in [0.717, 1.165) is 3.39 Å². The normalized spacial score (nSPS) is 22.0. The Bertz CT molecular complexity index is 975. The Kier molecular flexibility index (Phi) is 5.69. The summed E-state index contributed by atoms with van der Waals surface area (Å²) in [4.78, 5) is 12.3. The molecule has 4 nitrogen and oxygen atoms in total. The summed E-state index contributed by atoms with van der Waals surface area (Å²) in [6, 6.07) is 16.7. The largest absolute Gasteiger partial charge is 0.481 e. The molecule has 0 saturated heterocycles. The number of ether oxygens (including phenoxy) is 1. The van der Waals surface area contributed by atoms with Crippen LogP contribution in [0.1, 0.15) is 25.0 Å². The summed E-state index contributed by atoms with van der Waals surface area (Å²) >= 11 is 6.68. The lowest BCUT2D eigenvalue weighted by Crippen LogP contribution is -2.25. The van der Waals surface area contributed by atoms with E-state index in [1.807, 2.05) is 50.3 Å². The van der Waals surface area contributed by atoms with Gasteiger partial charge in [0.1, 0.15) is 17.6 Å². The molecular weight excluding hydrogens is 486 g/mol. The number of nitriles is 1. The molecule has 3 rings (SSSR count). The van der Waals surface area contributed by atoms with E-state index in [1.165, 1.54) is 0 Å². The van der Waals surface area contributed by atoms with Gasteiger partial charge >= 0.3 is 5.97 Å². The number of hydrogen-bond donors (Lipinski definition) is 1. The summed E-state index contributed by atoms with van der Waals surface area (Å²) < 4.78 is 6.61. The molecule has 2 aromatic rings. The summed E-state index contributed by atoms with van der Waals surface area (Å²) in [5, 5.41) is 19.8. The van der Waals surface area contributed by atoms with E-state index in [0.29, 0.717) is 22.6 Å². The average Bonchev–Trinajstić information content (AvgIpc) is 3.10. The number of aliphatic carboxylic acids is 1.